The van der Waals surface area contributed by atoms with Crippen molar-refractivity contribution in [2.45, 2.75) is 20.1 Å². The minimum absolute atomic E-state index is 0.0325. The quantitative estimate of drug-likeness (QED) is 0.803. The summed E-state index contributed by atoms with van der Waals surface area (Å²) < 4.78 is 10.8. The van der Waals surface area contributed by atoms with Crippen LogP contribution < -0.4 is 10.1 Å². The average molecular weight is 334 g/mol. The van der Waals surface area contributed by atoms with E-state index in [1.54, 1.807) is 24.3 Å². The van der Waals surface area contributed by atoms with Crippen molar-refractivity contribution >= 4 is 17.5 Å². The number of benzene rings is 2. The van der Waals surface area contributed by atoms with Gasteiger partial charge in [-0.15, -0.1) is 0 Å². The largest absolute Gasteiger partial charge is 0.484 e. The van der Waals surface area contributed by atoms with Gasteiger partial charge in [-0.3, -0.25) is 4.79 Å². The number of halogens is 1. The summed E-state index contributed by atoms with van der Waals surface area (Å²) in [5.41, 5.74) is 2.12. The molecule has 0 saturated heterocycles. The van der Waals surface area contributed by atoms with Gasteiger partial charge < -0.3 is 14.8 Å². The molecule has 0 aromatic heterocycles. The van der Waals surface area contributed by atoms with Crippen LogP contribution in [-0.4, -0.2) is 19.1 Å². The van der Waals surface area contributed by atoms with Gasteiger partial charge in [-0.05, 0) is 42.3 Å². The molecule has 0 aliphatic heterocycles. The number of ether oxygens (including phenoxy) is 2. The zero-order chi connectivity index (χ0) is 16.5. The third-order valence-electron chi connectivity index (χ3n) is 3.24. The van der Waals surface area contributed by atoms with Gasteiger partial charge in [0, 0.05) is 18.2 Å². The summed E-state index contributed by atoms with van der Waals surface area (Å²) in [6, 6.07) is 14.8. The van der Waals surface area contributed by atoms with Crippen LogP contribution in [0.2, 0.25) is 5.02 Å². The molecule has 0 heterocycles. The predicted octanol–water partition coefficient (Wildman–Crippen LogP) is 3.57. The molecular formula is C18H20ClNO3. The Labute approximate surface area is 141 Å². The number of carbonyl (C=O) groups excluding carboxylic acids is 1. The lowest BCUT2D eigenvalue weighted by Gasteiger charge is -2.11. The van der Waals surface area contributed by atoms with Gasteiger partial charge in [0.15, 0.2) is 6.61 Å². The van der Waals surface area contributed by atoms with E-state index >= 15 is 0 Å². The van der Waals surface area contributed by atoms with Crippen molar-refractivity contribution in [2.24, 2.45) is 0 Å². The van der Waals surface area contributed by atoms with Crippen LogP contribution >= 0.6 is 11.6 Å². The van der Waals surface area contributed by atoms with Crippen LogP contribution in [0.1, 0.15) is 18.1 Å². The molecule has 0 spiro atoms. The van der Waals surface area contributed by atoms with E-state index < -0.39 is 0 Å². The molecule has 0 fully saturated rings. The molecule has 1 amide bonds. The van der Waals surface area contributed by atoms with Crippen LogP contribution in [0.15, 0.2) is 48.5 Å². The van der Waals surface area contributed by atoms with Gasteiger partial charge in [0.1, 0.15) is 5.75 Å². The molecule has 23 heavy (non-hydrogen) atoms. The highest BCUT2D eigenvalue weighted by molar-refractivity contribution is 6.30. The van der Waals surface area contributed by atoms with Gasteiger partial charge >= 0.3 is 0 Å². The summed E-state index contributed by atoms with van der Waals surface area (Å²) in [5.74, 6) is 0.437. The van der Waals surface area contributed by atoms with Crippen molar-refractivity contribution < 1.29 is 14.3 Å². The summed E-state index contributed by atoms with van der Waals surface area (Å²) in [6.07, 6.45) is 0. The molecule has 122 valence electrons. The Bertz CT molecular complexity index is 628. The Balaban J connectivity index is 1.81. The summed E-state index contributed by atoms with van der Waals surface area (Å²) in [6.45, 7) is 3.58. The number of hydrogen-bond acceptors (Lipinski definition) is 3. The number of carbonyl (C=O) groups is 1. The van der Waals surface area contributed by atoms with Gasteiger partial charge in [-0.25, -0.2) is 0 Å². The minimum Gasteiger partial charge on any atom is -0.484 e. The molecular weight excluding hydrogens is 314 g/mol. The minimum atomic E-state index is -0.175. The first kappa shape index (κ1) is 17.3. The number of amides is 1. The molecule has 5 heteroatoms. The van der Waals surface area contributed by atoms with Gasteiger partial charge in [0.05, 0.1) is 6.61 Å². The van der Waals surface area contributed by atoms with Gasteiger partial charge in [0.25, 0.3) is 5.91 Å². The van der Waals surface area contributed by atoms with Crippen molar-refractivity contribution in [3.63, 3.8) is 0 Å². The average Bonchev–Trinajstić information content (AvgIpc) is 2.58. The summed E-state index contributed by atoms with van der Waals surface area (Å²) in [4.78, 5) is 11.9. The van der Waals surface area contributed by atoms with Crippen LogP contribution in [0.3, 0.4) is 0 Å². The second kappa shape index (κ2) is 9.18. The molecule has 2 aromatic rings. The Morgan fingerprint density at radius 1 is 1.09 bits per heavy atom. The highest BCUT2D eigenvalue weighted by Gasteiger charge is 2.06. The normalized spacial score (nSPS) is 10.3. The fourth-order valence-corrected chi connectivity index (χ4v) is 2.13. The lowest BCUT2D eigenvalue weighted by molar-refractivity contribution is -0.123. The summed E-state index contributed by atoms with van der Waals surface area (Å²) in [5, 5.41) is 3.48. The first-order valence-corrected chi connectivity index (χ1v) is 7.86. The maximum Gasteiger partial charge on any atom is 0.258 e. The Kier molecular flexibility index (Phi) is 6.91. The smallest absolute Gasteiger partial charge is 0.258 e. The second-order valence-electron chi connectivity index (χ2n) is 4.93. The standard InChI is InChI=1S/C18H20ClNO3/c1-2-22-12-15-6-4-3-5-14(15)11-20-18(21)13-23-17-9-7-16(19)8-10-17/h3-10H,2,11-13H2,1H3,(H,20,21). The first-order valence-electron chi connectivity index (χ1n) is 7.48. The predicted molar refractivity (Wildman–Crippen MR) is 90.6 cm³/mol. The fourth-order valence-electron chi connectivity index (χ4n) is 2.01. The van der Waals surface area contributed by atoms with Gasteiger partial charge in [-0.2, -0.15) is 0 Å². The zero-order valence-electron chi connectivity index (χ0n) is 13.0. The van der Waals surface area contributed by atoms with E-state index in [1.807, 2.05) is 31.2 Å². The van der Waals surface area contributed by atoms with Crippen LogP contribution in [0, 0.1) is 0 Å². The van der Waals surface area contributed by atoms with Gasteiger partial charge in [0.2, 0.25) is 0 Å². The SMILES string of the molecule is CCOCc1ccccc1CNC(=O)COc1ccc(Cl)cc1. The van der Waals surface area contributed by atoms with E-state index in [2.05, 4.69) is 5.32 Å². The molecule has 0 bridgehead atoms. The monoisotopic (exact) mass is 333 g/mol. The van der Waals surface area contributed by atoms with E-state index in [0.29, 0.717) is 30.5 Å². The fraction of sp³-hybridized carbons (Fsp3) is 0.278. The van der Waals surface area contributed by atoms with E-state index in [9.17, 15) is 4.79 Å². The van der Waals surface area contributed by atoms with Crippen molar-refractivity contribution in [3.8, 4) is 5.75 Å². The molecule has 2 aromatic carbocycles. The molecule has 0 aliphatic carbocycles. The van der Waals surface area contributed by atoms with E-state index in [0.717, 1.165) is 11.1 Å². The number of rotatable bonds is 8. The lowest BCUT2D eigenvalue weighted by atomic mass is 10.1. The molecule has 0 atom stereocenters. The highest BCUT2D eigenvalue weighted by atomic mass is 35.5. The van der Waals surface area contributed by atoms with Crippen molar-refractivity contribution in [1.82, 2.24) is 5.32 Å². The summed E-state index contributed by atoms with van der Waals surface area (Å²) in [7, 11) is 0. The Hall–Kier alpha value is -2.04. The third kappa shape index (κ3) is 5.93. The van der Waals surface area contributed by atoms with Crippen LogP contribution in [0.25, 0.3) is 0 Å². The molecule has 0 radical (unpaired) electrons. The van der Waals surface area contributed by atoms with Crippen LogP contribution in [0.4, 0.5) is 0 Å². The maximum atomic E-state index is 11.9. The molecule has 0 aliphatic rings. The zero-order valence-corrected chi connectivity index (χ0v) is 13.8. The lowest BCUT2D eigenvalue weighted by Crippen LogP contribution is -2.28. The molecule has 2 rings (SSSR count). The highest BCUT2D eigenvalue weighted by Crippen LogP contribution is 2.15. The van der Waals surface area contributed by atoms with Crippen LogP contribution in [0.5, 0.6) is 5.75 Å². The maximum absolute atomic E-state index is 11.9. The van der Waals surface area contributed by atoms with Crippen LogP contribution in [-0.2, 0) is 22.7 Å². The topological polar surface area (TPSA) is 47.6 Å². The Morgan fingerprint density at radius 2 is 1.78 bits per heavy atom. The number of hydrogen-bond donors (Lipinski definition) is 1. The Morgan fingerprint density at radius 3 is 2.48 bits per heavy atom. The van der Waals surface area contributed by atoms with Crippen molar-refractivity contribution in [2.75, 3.05) is 13.2 Å². The van der Waals surface area contributed by atoms with E-state index in [1.165, 1.54) is 0 Å². The van der Waals surface area contributed by atoms with Crippen molar-refractivity contribution in [1.29, 1.82) is 0 Å². The third-order valence-corrected chi connectivity index (χ3v) is 3.49. The van der Waals surface area contributed by atoms with Gasteiger partial charge in [-0.1, -0.05) is 35.9 Å². The van der Waals surface area contributed by atoms with E-state index in [4.69, 9.17) is 21.1 Å². The molecule has 0 saturated carbocycles. The second-order valence-corrected chi connectivity index (χ2v) is 5.36. The number of nitrogens with one attached hydrogen (secondary N) is 1. The first-order chi connectivity index (χ1) is 11.2. The summed E-state index contributed by atoms with van der Waals surface area (Å²) >= 11 is 5.80. The molecule has 0 unspecified atom stereocenters. The van der Waals surface area contributed by atoms with Crippen molar-refractivity contribution in [3.05, 3.63) is 64.7 Å². The molecule has 4 nitrogen and oxygen atoms in total. The van der Waals surface area contributed by atoms with E-state index in [-0.39, 0.29) is 12.5 Å². The molecule has 1 N–H and O–H groups in total.